The van der Waals surface area contributed by atoms with Crippen LogP contribution in [0.4, 0.5) is 27.6 Å². The second-order valence-corrected chi connectivity index (χ2v) is 3.90. The van der Waals surface area contributed by atoms with E-state index in [1.54, 1.807) is 18.3 Å². The van der Waals surface area contributed by atoms with Crippen molar-refractivity contribution in [3.8, 4) is 6.07 Å². The summed E-state index contributed by atoms with van der Waals surface area (Å²) in [5.41, 5.74) is -1.46. The number of nitrogens with zero attached hydrogens (tertiary/aromatic N) is 1. The molecule has 0 radical (unpaired) electrons. The van der Waals surface area contributed by atoms with E-state index in [1.807, 2.05) is 0 Å². The average Bonchev–Trinajstić information content (AvgIpc) is 2.44. The SMILES string of the molecule is CCCC(C#N)C(=O)Nc1c(F)c(F)c(F)c(F)c1F. The summed E-state index contributed by atoms with van der Waals surface area (Å²) >= 11 is 0. The predicted molar refractivity (Wildman–Crippen MR) is 58.9 cm³/mol. The summed E-state index contributed by atoms with van der Waals surface area (Å²) in [5, 5.41) is 10.3. The van der Waals surface area contributed by atoms with Crippen molar-refractivity contribution >= 4 is 11.6 Å². The second-order valence-electron chi connectivity index (χ2n) is 3.90. The lowest BCUT2D eigenvalue weighted by Gasteiger charge is -2.12. The molecule has 0 aliphatic heterocycles. The molecule has 0 spiro atoms. The van der Waals surface area contributed by atoms with Crippen LogP contribution < -0.4 is 5.32 Å². The topological polar surface area (TPSA) is 52.9 Å². The number of halogens is 5. The quantitative estimate of drug-likeness (QED) is 0.526. The maximum absolute atomic E-state index is 13.3. The van der Waals surface area contributed by atoms with Crippen molar-refractivity contribution in [2.45, 2.75) is 19.8 Å². The molecule has 0 aliphatic carbocycles. The van der Waals surface area contributed by atoms with Crippen LogP contribution in [0.15, 0.2) is 0 Å². The summed E-state index contributed by atoms with van der Waals surface area (Å²) < 4.78 is 65.2. The van der Waals surface area contributed by atoms with E-state index in [2.05, 4.69) is 0 Å². The first kappa shape index (κ1) is 15.9. The number of nitriles is 1. The van der Waals surface area contributed by atoms with Gasteiger partial charge in [0, 0.05) is 0 Å². The number of rotatable bonds is 4. The van der Waals surface area contributed by atoms with Gasteiger partial charge in [0.2, 0.25) is 11.7 Å². The van der Waals surface area contributed by atoms with Gasteiger partial charge in [-0.2, -0.15) is 5.26 Å². The fourth-order valence-electron chi connectivity index (χ4n) is 1.47. The van der Waals surface area contributed by atoms with Crippen LogP contribution in [-0.4, -0.2) is 5.91 Å². The number of hydrogen-bond donors (Lipinski definition) is 1. The number of carbonyl (C=O) groups is 1. The standard InChI is InChI=1S/C12H9F5N2O/c1-2-3-5(4-18)12(20)19-11-9(16)7(14)6(13)8(15)10(11)17/h5H,2-3H2,1H3,(H,19,20). The zero-order valence-electron chi connectivity index (χ0n) is 10.2. The highest BCUT2D eigenvalue weighted by molar-refractivity contribution is 5.94. The van der Waals surface area contributed by atoms with Crippen LogP contribution in [0.1, 0.15) is 19.8 Å². The maximum Gasteiger partial charge on any atom is 0.241 e. The first-order chi connectivity index (χ1) is 9.34. The Morgan fingerprint density at radius 2 is 1.55 bits per heavy atom. The van der Waals surface area contributed by atoms with Crippen LogP contribution >= 0.6 is 0 Å². The number of amides is 1. The minimum atomic E-state index is -2.32. The highest BCUT2D eigenvalue weighted by Gasteiger charge is 2.28. The van der Waals surface area contributed by atoms with E-state index in [0.29, 0.717) is 6.42 Å². The number of benzene rings is 1. The largest absolute Gasteiger partial charge is 0.320 e. The summed E-state index contributed by atoms with van der Waals surface area (Å²) in [6.45, 7) is 1.66. The molecule has 1 unspecified atom stereocenters. The Morgan fingerprint density at radius 3 is 1.95 bits per heavy atom. The van der Waals surface area contributed by atoms with E-state index in [1.165, 1.54) is 0 Å². The summed E-state index contributed by atoms with van der Waals surface area (Å²) in [7, 11) is 0. The van der Waals surface area contributed by atoms with Crippen molar-refractivity contribution in [2.24, 2.45) is 5.92 Å². The monoisotopic (exact) mass is 292 g/mol. The number of carbonyl (C=O) groups excluding carboxylic acids is 1. The van der Waals surface area contributed by atoms with Crippen LogP contribution in [0, 0.1) is 46.3 Å². The van der Waals surface area contributed by atoms with Gasteiger partial charge in [-0.1, -0.05) is 13.3 Å². The van der Waals surface area contributed by atoms with E-state index in [9.17, 15) is 26.7 Å². The molecule has 108 valence electrons. The molecule has 1 amide bonds. The van der Waals surface area contributed by atoms with Gasteiger partial charge < -0.3 is 5.32 Å². The van der Waals surface area contributed by atoms with Gasteiger partial charge in [0.05, 0.1) is 6.07 Å². The molecule has 0 saturated heterocycles. The van der Waals surface area contributed by atoms with Crippen LogP contribution in [0.3, 0.4) is 0 Å². The molecular formula is C12H9F5N2O. The molecular weight excluding hydrogens is 283 g/mol. The molecule has 8 heteroatoms. The average molecular weight is 292 g/mol. The molecule has 20 heavy (non-hydrogen) atoms. The molecule has 0 aliphatic rings. The highest BCUT2D eigenvalue weighted by atomic mass is 19.2. The first-order valence-electron chi connectivity index (χ1n) is 5.57. The zero-order valence-corrected chi connectivity index (χ0v) is 10.2. The lowest BCUT2D eigenvalue weighted by atomic mass is 10.0. The lowest BCUT2D eigenvalue weighted by Crippen LogP contribution is -2.23. The van der Waals surface area contributed by atoms with Crippen molar-refractivity contribution in [3.05, 3.63) is 29.1 Å². The lowest BCUT2D eigenvalue weighted by molar-refractivity contribution is -0.118. The summed E-state index contributed by atoms with van der Waals surface area (Å²) in [6, 6.07) is 1.58. The Hall–Kier alpha value is -2.17. The third kappa shape index (κ3) is 2.87. The second kappa shape index (κ2) is 6.32. The predicted octanol–water partition coefficient (Wildman–Crippen LogP) is 3.26. The van der Waals surface area contributed by atoms with E-state index in [4.69, 9.17) is 5.26 Å². The Labute approximate surface area is 111 Å². The van der Waals surface area contributed by atoms with Crippen molar-refractivity contribution in [1.82, 2.24) is 0 Å². The van der Waals surface area contributed by atoms with Gasteiger partial charge in [-0.15, -0.1) is 0 Å². The molecule has 1 atom stereocenters. The molecule has 1 aromatic rings. The Balaban J connectivity index is 3.17. The van der Waals surface area contributed by atoms with Gasteiger partial charge in [-0.05, 0) is 6.42 Å². The molecule has 1 N–H and O–H groups in total. The van der Waals surface area contributed by atoms with E-state index >= 15 is 0 Å². The molecule has 3 nitrogen and oxygen atoms in total. The third-order valence-electron chi connectivity index (χ3n) is 2.51. The highest BCUT2D eigenvalue weighted by Crippen LogP contribution is 2.27. The van der Waals surface area contributed by atoms with Gasteiger partial charge in [-0.25, -0.2) is 22.0 Å². The number of hydrogen-bond acceptors (Lipinski definition) is 2. The van der Waals surface area contributed by atoms with Crippen LogP contribution in [0.2, 0.25) is 0 Å². The van der Waals surface area contributed by atoms with Gasteiger partial charge in [-0.3, -0.25) is 4.79 Å². The van der Waals surface area contributed by atoms with Crippen LogP contribution in [0.25, 0.3) is 0 Å². The van der Waals surface area contributed by atoms with Crippen molar-refractivity contribution in [2.75, 3.05) is 5.32 Å². The Kier molecular flexibility index (Phi) is 5.02. The minimum Gasteiger partial charge on any atom is -0.320 e. The normalized spacial score (nSPS) is 11.8. The summed E-state index contributed by atoms with van der Waals surface area (Å²) in [4.78, 5) is 11.5. The van der Waals surface area contributed by atoms with Crippen molar-refractivity contribution in [1.29, 1.82) is 5.26 Å². The number of nitrogens with one attached hydrogen (secondary N) is 1. The Bertz CT molecular complexity index is 553. The van der Waals surface area contributed by atoms with Gasteiger partial charge >= 0.3 is 0 Å². The van der Waals surface area contributed by atoms with Crippen molar-refractivity contribution in [3.63, 3.8) is 0 Å². The molecule has 0 bridgehead atoms. The smallest absolute Gasteiger partial charge is 0.241 e. The van der Waals surface area contributed by atoms with E-state index in [-0.39, 0.29) is 6.42 Å². The van der Waals surface area contributed by atoms with Gasteiger partial charge in [0.15, 0.2) is 23.3 Å². The summed E-state index contributed by atoms with van der Waals surface area (Å²) in [5.74, 6) is -13.3. The van der Waals surface area contributed by atoms with E-state index < -0.39 is 46.6 Å². The molecule has 0 saturated carbocycles. The maximum atomic E-state index is 13.3. The van der Waals surface area contributed by atoms with Crippen LogP contribution in [0.5, 0.6) is 0 Å². The Morgan fingerprint density at radius 1 is 1.10 bits per heavy atom. The third-order valence-corrected chi connectivity index (χ3v) is 2.51. The minimum absolute atomic E-state index is 0.0950. The first-order valence-corrected chi connectivity index (χ1v) is 5.57. The fraction of sp³-hybridized carbons (Fsp3) is 0.333. The molecule has 1 aromatic carbocycles. The van der Waals surface area contributed by atoms with E-state index in [0.717, 1.165) is 0 Å². The van der Waals surface area contributed by atoms with Crippen LogP contribution in [-0.2, 0) is 4.79 Å². The molecule has 0 heterocycles. The van der Waals surface area contributed by atoms with Gasteiger partial charge in [0.1, 0.15) is 11.6 Å². The molecule has 0 fully saturated rings. The summed E-state index contributed by atoms with van der Waals surface area (Å²) in [6.07, 6.45) is 0.528. The van der Waals surface area contributed by atoms with Gasteiger partial charge in [0.25, 0.3) is 0 Å². The number of anilines is 1. The van der Waals surface area contributed by atoms with Crippen molar-refractivity contribution < 1.29 is 26.7 Å². The zero-order chi connectivity index (χ0) is 15.4. The molecule has 1 rings (SSSR count). The fourth-order valence-corrected chi connectivity index (χ4v) is 1.47. The molecule has 0 aromatic heterocycles.